The van der Waals surface area contributed by atoms with Crippen LogP contribution in [0.2, 0.25) is 0 Å². The summed E-state index contributed by atoms with van der Waals surface area (Å²) in [6, 6.07) is 137. The second-order valence-corrected chi connectivity index (χ2v) is 28.8. The number of hydrogen-bond donors (Lipinski definition) is 0. The fourth-order valence-corrected chi connectivity index (χ4v) is 16.0. The molecule has 0 fully saturated rings. The van der Waals surface area contributed by atoms with Crippen molar-refractivity contribution >= 4 is 100 Å². The van der Waals surface area contributed by atoms with Crippen molar-refractivity contribution in [3.63, 3.8) is 0 Å². The van der Waals surface area contributed by atoms with Gasteiger partial charge < -0.3 is 0 Å². The highest BCUT2D eigenvalue weighted by atomic mass is 15.3. The zero-order valence-corrected chi connectivity index (χ0v) is 61.0. The maximum absolute atomic E-state index is 5.19. The summed E-state index contributed by atoms with van der Waals surface area (Å²) in [5, 5.41) is 24.8. The largest absolute Gasteiger partial charge is 0.355 e. The van der Waals surface area contributed by atoms with Crippen molar-refractivity contribution in [3.05, 3.63) is 412 Å². The summed E-state index contributed by atoms with van der Waals surface area (Å²) in [6.45, 7) is 4.66. The van der Waals surface area contributed by atoms with E-state index in [0.29, 0.717) is 0 Å². The predicted octanol–water partition coefficient (Wildman–Crippen LogP) is 24.5. The van der Waals surface area contributed by atoms with E-state index in [1.54, 1.807) is 0 Å². The van der Waals surface area contributed by atoms with Gasteiger partial charge in [-0.3, -0.25) is 9.80 Å². The molecule has 0 N–H and O–H groups in total. The molecule has 9 aromatic heterocycles. The van der Waals surface area contributed by atoms with Gasteiger partial charge >= 0.3 is 5.82 Å². The Morgan fingerprint density at radius 3 is 1.08 bits per heavy atom. The van der Waals surface area contributed by atoms with Gasteiger partial charge in [0.1, 0.15) is 6.20 Å². The second-order valence-electron chi connectivity index (χ2n) is 28.8. The first kappa shape index (κ1) is 65.7. The smallest absolute Gasteiger partial charge is 0.294 e. The van der Waals surface area contributed by atoms with Crippen molar-refractivity contribution in [1.82, 2.24) is 38.5 Å². The highest BCUT2D eigenvalue weighted by molar-refractivity contribution is 5.91. The number of fused-ring (bicyclic) bond motifs is 15. The molecule has 0 aliphatic heterocycles. The first-order valence-electron chi connectivity index (χ1n) is 37.6. The molecule has 0 amide bonds. The van der Waals surface area contributed by atoms with Crippen molar-refractivity contribution in [3.8, 4) is 61.6 Å². The number of rotatable bonds is 11. The minimum atomic E-state index is -0.0834. The number of benzene rings is 12. The van der Waals surface area contributed by atoms with Crippen LogP contribution in [0.1, 0.15) is 25.0 Å². The topological polar surface area (TPSA) is 79.6 Å². The summed E-state index contributed by atoms with van der Waals surface area (Å²) < 4.78 is 10.2. The molecule has 0 spiro atoms. The highest BCUT2D eigenvalue weighted by Crippen LogP contribution is 2.51. The Morgan fingerprint density at radius 2 is 0.613 bits per heavy atom. The van der Waals surface area contributed by atoms with Gasteiger partial charge in [-0.1, -0.05) is 269 Å². The van der Waals surface area contributed by atoms with Crippen molar-refractivity contribution < 1.29 is 4.57 Å². The van der Waals surface area contributed by atoms with Gasteiger partial charge in [-0.15, -0.1) is 14.7 Å². The van der Waals surface area contributed by atoms with Gasteiger partial charge in [-0.05, 0) is 171 Å². The standard InChI is InChI=1S/C38H29N3.C35H25N3.C27H18N5/c1-38(2)34-14-8-7-13-32(34)33-23-22-30(24-35(33)38)40(29-19-16-27(17-20-29)26-10-4-3-5-11-26)37-25-31-21-18-28-12-6-9-15-36(28)41(31)39-37;1-3-9-26(10-4-1)28-15-20-31(21-16-28)37(32-22-17-29(18-23-32)27-11-5-2-6-12-27)35-25-33-24-19-30-13-7-8-14-34(30)38(33)36-35;1-3-9-25-19(6-1)11-13-22-16-24(28-31(22)25)21-8-5-15-30(18-21)27-17-23-14-12-20-7-2-4-10-26(20)32(23)29-27/h3-25H,1-2H3;1-25H;1-18H/q;;+1. The van der Waals surface area contributed by atoms with Crippen molar-refractivity contribution in [2.45, 2.75) is 19.3 Å². The van der Waals surface area contributed by atoms with E-state index in [9.17, 15) is 0 Å². The Balaban J connectivity index is 0.000000110. The number of nitrogens with zero attached hydrogens (tertiary/aromatic N) is 11. The number of anilines is 6. The molecule has 0 atom stereocenters. The normalized spacial score (nSPS) is 12.1. The molecule has 0 radical (unpaired) electrons. The van der Waals surface area contributed by atoms with Crippen molar-refractivity contribution in [2.24, 2.45) is 0 Å². The van der Waals surface area contributed by atoms with Crippen LogP contribution in [0.25, 0.3) is 127 Å². The molecule has 11 nitrogen and oxygen atoms in total. The monoisotopic (exact) mass is 1430 g/mol. The zero-order chi connectivity index (χ0) is 73.9. The Hall–Kier alpha value is -14.8. The van der Waals surface area contributed by atoms with Crippen LogP contribution in [0.15, 0.2) is 401 Å². The lowest BCUT2D eigenvalue weighted by Crippen LogP contribution is -2.30. The quantitative estimate of drug-likeness (QED) is 0.120. The average molecular weight is 1430 g/mol. The molecule has 9 heterocycles. The molecule has 22 rings (SSSR count). The highest BCUT2D eigenvalue weighted by Gasteiger charge is 2.36. The van der Waals surface area contributed by atoms with Crippen LogP contribution in [0, 0.1) is 0 Å². The Bertz CT molecular complexity index is 6830. The van der Waals surface area contributed by atoms with Gasteiger partial charge in [-0.25, -0.2) is 18.1 Å². The average Bonchev–Trinajstić information content (AvgIpc) is 1.58. The van der Waals surface area contributed by atoms with Crippen LogP contribution in [0.3, 0.4) is 0 Å². The third-order valence-electron chi connectivity index (χ3n) is 21.6. The minimum absolute atomic E-state index is 0.0834. The summed E-state index contributed by atoms with van der Waals surface area (Å²) in [6.07, 6.45) is 4.12. The predicted molar refractivity (Wildman–Crippen MR) is 455 cm³/mol. The molecular weight excluding hydrogens is 1360 g/mol. The summed E-state index contributed by atoms with van der Waals surface area (Å²) in [5.41, 5.74) is 27.4. The number of aromatic nitrogens is 9. The number of para-hydroxylation sites is 4. The summed E-state index contributed by atoms with van der Waals surface area (Å²) in [7, 11) is 0. The van der Waals surface area contributed by atoms with Crippen LogP contribution in [-0.4, -0.2) is 38.5 Å². The van der Waals surface area contributed by atoms with Gasteiger partial charge in [0.15, 0.2) is 11.6 Å². The van der Waals surface area contributed by atoms with E-state index in [2.05, 4.69) is 397 Å². The number of hydrogen-bond acceptors (Lipinski definition) is 6. The summed E-state index contributed by atoms with van der Waals surface area (Å²) >= 11 is 0. The van der Waals surface area contributed by atoms with E-state index in [1.165, 1.54) is 77.2 Å². The molecule has 21 aromatic rings. The van der Waals surface area contributed by atoms with E-state index in [1.807, 2.05) is 50.1 Å². The zero-order valence-electron chi connectivity index (χ0n) is 61.0. The van der Waals surface area contributed by atoms with E-state index >= 15 is 0 Å². The van der Waals surface area contributed by atoms with Crippen molar-refractivity contribution in [2.75, 3.05) is 9.80 Å². The molecular formula is C100H72N11+. The third-order valence-corrected chi connectivity index (χ3v) is 21.6. The third kappa shape index (κ3) is 12.1. The van der Waals surface area contributed by atoms with Crippen LogP contribution in [0.4, 0.5) is 34.4 Å². The molecule has 0 unspecified atom stereocenters. The maximum atomic E-state index is 5.19. The fraction of sp³-hybridized carbons (Fsp3) is 0.0300. The Morgan fingerprint density at radius 1 is 0.261 bits per heavy atom. The van der Waals surface area contributed by atoms with E-state index in [0.717, 1.165) is 95.6 Å². The second kappa shape index (κ2) is 27.5. The van der Waals surface area contributed by atoms with Crippen LogP contribution >= 0.6 is 0 Å². The van der Waals surface area contributed by atoms with Gasteiger partial charge in [-0.2, -0.15) is 5.10 Å². The van der Waals surface area contributed by atoms with Gasteiger partial charge in [0, 0.05) is 67.4 Å². The molecule has 12 aromatic carbocycles. The van der Waals surface area contributed by atoms with Gasteiger partial charge in [0.2, 0.25) is 0 Å². The molecule has 111 heavy (non-hydrogen) atoms. The maximum Gasteiger partial charge on any atom is 0.355 e. The van der Waals surface area contributed by atoms with Crippen LogP contribution in [-0.2, 0) is 5.41 Å². The molecule has 11 heteroatoms. The van der Waals surface area contributed by atoms with E-state index in [4.69, 9.17) is 20.4 Å². The lowest BCUT2D eigenvalue weighted by atomic mass is 9.82. The molecule has 526 valence electrons. The molecule has 0 bridgehead atoms. The van der Waals surface area contributed by atoms with E-state index < -0.39 is 0 Å². The van der Waals surface area contributed by atoms with Crippen molar-refractivity contribution in [1.29, 1.82) is 0 Å². The molecule has 1 aliphatic carbocycles. The lowest BCUT2D eigenvalue weighted by molar-refractivity contribution is -0.599. The van der Waals surface area contributed by atoms with E-state index in [-0.39, 0.29) is 5.41 Å². The van der Waals surface area contributed by atoms with Crippen LogP contribution < -0.4 is 14.4 Å². The lowest BCUT2D eigenvalue weighted by Gasteiger charge is -2.26. The number of pyridine rings is 5. The Kier molecular flexibility index (Phi) is 16.3. The Labute approximate surface area is 641 Å². The summed E-state index contributed by atoms with van der Waals surface area (Å²) in [4.78, 5) is 4.52. The van der Waals surface area contributed by atoms with Crippen LogP contribution in [0.5, 0.6) is 0 Å². The SMILES string of the molecule is CC1(C)c2ccccc2-c2ccc(N(c3ccc(-c4ccccc4)cc3)c3cc4ccc5ccccc5n4n3)cc21.c1ccc(-c2ccc(N(c3ccc(-c4ccccc4)cc3)c3cc4ccc5ccccc5n4n3)cc2)cc1.c1ccc2c(c1)ccc1cc(-c3ccc[n+](-c4cc5ccc6ccccc6n5n4)c3)nn12. The first-order valence-corrected chi connectivity index (χ1v) is 37.6. The van der Waals surface area contributed by atoms with Gasteiger partial charge in [0.05, 0.1) is 67.2 Å². The summed E-state index contributed by atoms with van der Waals surface area (Å²) in [5.74, 6) is 2.64. The van der Waals surface area contributed by atoms with Gasteiger partial charge in [0.25, 0.3) is 0 Å². The first-order chi connectivity index (χ1) is 54.7. The fourth-order valence-electron chi connectivity index (χ4n) is 16.0. The molecule has 0 saturated heterocycles. The molecule has 1 aliphatic rings. The molecule has 0 saturated carbocycles. The minimum Gasteiger partial charge on any atom is -0.294 e.